The first-order valence-electron chi connectivity index (χ1n) is 5.87. The second-order valence-corrected chi connectivity index (χ2v) is 4.92. The summed E-state index contributed by atoms with van der Waals surface area (Å²) in [6, 6.07) is 15.3. The fourth-order valence-corrected chi connectivity index (χ4v) is 2.27. The molecule has 0 radical (unpaired) electrons. The molecule has 96 valence electrons. The van der Waals surface area contributed by atoms with Crippen LogP contribution in [0.2, 0.25) is 0 Å². The van der Waals surface area contributed by atoms with Crippen LogP contribution < -0.4 is 0 Å². The molecule has 2 aromatic heterocycles. The molecule has 0 saturated carbocycles. The standard InChI is InChI=1S/C14H9N5S/c15-8-10-6-7-12(16-9-10)20-14-17-13(18-19-14)11-4-2-1-3-5-11/h1-7,9H,(H,17,18,19). The molecule has 3 rings (SSSR count). The summed E-state index contributed by atoms with van der Waals surface area (Å²) in [4.78, 5) is 8.58. The van der Waals surface area contributed by atoms with E-state index in [4.69, 9.17) is 5.26 Å². The second kappa shape index (κ2) is 5.55. The van der Waals surface area contributed by atoms with Crippen LogP contribution in [0.3, 0.4) is 0 Å². The Balaban J connectivity index is 1.79. The maximum Gasteiger partial charge on any atom is 0.215 e. The lowest BCUT2D eigenvalue weighted by atomic mass is 10.2. The van der Waals surface area contributed by atoms with Gasteiger partial charge in [-0.15, -0.1) is 5.10 Å². The summed E-state index contributed by atoms with van der Waals surface area (Å²) in [6.45, 7) is 0. The minimum atomic E-state index is 0.536. The lowest BCUT2D eigenvalue weighted by Crippen LogP contribution is -1.83. The van der Waals surface area contributed by atoms with E-state index in [2.05, 4.69) is 20.2 Å². The molecule has 1 aromatic carbocycles. The SMILES string of the molecule is N#Cc1ccc(Sc2n[nH]c(-c3ccccc3)n2)nc1. The van der Waals surface area contributed by atoms with Crippen LogP contribution in [0.15, 0.2) is 58.8 Å². The van der Waals surface area contributed by atoms with Gasteiger partial charge in [0.1, 0.15) is 11.1 Å². The zero-order valence-electron chi connectivity index (χ0n) is 10.3. The zero-order valence-corrected chi connectivity index (χ0v) is 11.1. The Bertz CT molecular complexity index is 743. The molecule has 0 unspecified atom stereocenters. The van der Waals surface area contributed by atoms with Crippen LogP contribution in [0.25, 0.3) is 11.4 Å². The highest BCUT2D eigenvalue weighted by Gasteiger charge is 2.07. The lowest BCUT2D eigenvalue weighted by Gasteiger charge is -1.95. The Kier molecular flexibility index (Phi) is 3.44. The summed E-state index contributed by atoms with van der Waals surface area (Å²) in [7, 11) is 0. The van der Waals surface area contributed by atoms with Crippen molar-refractivity contribution in [3.8, 4) is 17.5 Å². The molecule has 0 atom stereocenters. The normalized spacial score (nSPS) is 10.2. The third kappa shape index (κ3) is 2.68. The molecule has 0 bridgehead atoms. The average Bonchev–Trinajstić information content (AvgIpc) is 2.97. The van der Waals surface area contributed by atoms with Gasteiger partial charge >= 0.3 is 0 Å². The number of benzene rings is 1. The van der Waals surface area contributed by atoms with Gasteiger partial charge in [-0.25, -0.2) is 9.97 Å². The van der Waals surface area contributed by atoms with Crippen molar-refractivity contribution in [1.82, 2.24) is 20.2 Å². The van der Waals surface area contributed by atoms with E-state index in [-0.39, 0.29) is 0 Å². The number of H-pyrrole nitrogens is 1. The fraction of sp³-hybridized carbons (Fsp3) is 0. The molecule has 2 heterocycles. The van der Waals surface area contributed by atoms with Gasteiger partial charge < -0.3 is 0 Å². The van der Waals surface area contributed by atoms with Gasteiger partial charge in [-0.05, 0) is 23.9 Å². The second-order valence-electron chi connectivity index (χ2n) is 3.93. The highest BCUT2D eigenvalue weighted by molar-refractivity contribution is 7.99. The number of rotatable bonds is 3. The Labute approximate surface area is 119 Å². The largest absolute Gasteiger partial charge is 0.258 e. The van der Waals surface area contributed by atoms with E-state index in [0.717, 1.165) is 16.4 Å². The van der Waals surface area contributed by atoms with Gasteiger partial charge in [-0.3, -0.25) is 5.10 Å². The highest BCUT2D eigenvalue weighted by Crippen LogP contribution is 2.24. The molecule has 20 heavy (non-hydrogen) atoms. The predicted molar refractivity (Wildman–Crippen MR) is 74.9 cm³/mol. The van der Waals surface area contributed by atoms with E-state index in [1.54, 1.807) is 12.1 Å². The van der Waals surface area contributed by atoms with Gasteiger partial charge in [-0.2, -0.15) is 5.26 Å². The molecule has 0 spiro atoms. The van der Waals surface area contributed by atoms with Crippen molar-refractivity contribution >= 4 is 11.8 Å². The van der Waals surface area contributed by atoms with Gasteiger partial charge in [0.05, 0.1) is 5.56 Å². The van der Waals surface area contributed by atoms with E-state index >= 15 is 0 Å². The Hall–Kier alpha value is -2.65. The molecule has 0 aliphatic carbocycles. The Morgan fingerprint density at radius 1 is 1.10 bits per heavy atom. The maximum atomic E-state index is 8.72. The summed E-state index contributed by atoms with van der Waals surface area (Å²) in [5.74, 6) is 0.724. The average molecular weight is 279 g/mol. The number of aromatic amines is 1. The fourth-order valence-electron chi connectivity index (χ4n) is 1.62. The summed E-state index contributed by atoms with van der Waals surface area (Å²) in [5.41, 5.74) is 1.52. The number of aromatic nitrogens is 4. The predicted octanol–water partition coefficient (Wildman–Crippen LogP) is 2.89. The van der Waals surface area contributed by atoms with Crippen molar-refractivity contribution in [2.45, 2.75) is 10.2 Å². The third-order valence-electron chi connectivity index (χ3n) is 2.57. The van der Waals surface area contributed by atoms with E-state index < -0.39 is 0 Å². The number of nitriles is 1. The summed E-state index contributed by atoms with van der Waals surface area (Å²) in [5, 5.41) is 17.1. The van der Waals surface area contributed by atoms with Gasteiger partial charge in [0, 0.05) is 11.8 Å². The van der Waals surface area contributed by atoms with Gasteiger partial charge in [0.2, 0.25) is 5.16 Å². The zero-order chi connectivity index (χ0) is 13.8. The van der Waals surface area contributed by atoms with Crippen molar-refractivity contribution in [3.63, 3.8) is 0 Å². The Morgan fingerprint density at radius 2 is 1.95 bits per heavy atom. The molecule has 0 saturated heterocycles. The van der Waals surface area contributed by atoms with Crippen LogP contribution in [0, 0.1) is 11.3 Å². The van der Waals surface area contributed by atoms with Crippen molar-refractivity contribution in [3.05, 3.63) is 54.2 Å². The van der Waals surface area contributed by atoms with E-state index in [1.807, 2.05) is 36.4 Å². The molecule has 0 amide bonds. The van der Waals surface area contributed by atoms with Gasteiger partial charge in [-0.1, -0.05) is 30.3 Å². The first-order chi connectivity index (χ1) is 9.85. The van der Waals surface area contributed by atoms with E-state index in [9.17, 15) is 0 Å². The minimum Gasteiger partial charge on any atom is -0.258 e. The number of nitrogens with one attached hydrogen (secondary N) is 1. The van der Waals surface area contributed by atoms with Crippen molar-refractivity contribution in [2.75, 3.05) is 0 Å². The van der Waals surface area contributed by atoms with Gasteiger partial charge in [0.25, 0.3) is 0 Å². The number of nitrogens with zero attached hydrogens (tertiary/aromatic N) is 4. The van der Waals surface area contributed by atoms with Crippen LogP contribution in [-0.4, -0.2) is 20.2 Å². The van der Waals surface area contributed by atoms with Crippen molar-refractivity contribution in [2.24, 2.45) is 0 Å². The molecule has 0 fully saturated rings. The third-order valence-corrected chi connectivity index (χ3v) is 3.39. The number of pyridine rings is 1. The molecule has 5 nitrogen and oxygen atoms in total. The molecule has 6 heteroatoms. The summed E-state index contributed by atoms with van der Waals surface area (Å²) in [6.07, 6.45) is 1.53. The van der Waals surface area contributed by atoms with Crippen LogP contribution >= 0.6 is 11.8 Å². The number of hydrogen-bond donors (Lipinski definition) is 1. The molecule has 3 aromatic rings. The van der Waals surface area contributed by atoms with Crippen LogP contribution in [-0.2, 0) is 0 Å². The van der Waals surface area contributed by atoms with Gasteiger partial charge in [0.15, 0.2) is 5.82 Å². The molecular formula is C14H9N5S. The van der Waals surface area contributed by atoms with Crippen LogP contribution in [0.4, 0.5) is 0 Å². The maximum absolute atomic E-state index is 8.72. The van der Waals surface area contributed by atoms with Crippen LogP contribution in [0.1, 0.15) is 5.56 Å². The molecule has 0 aliphatic heterocycles. The monoisotopic (exact) mass is 279 g/mol. The van der Waals surface area contributed by atoms with Crippen molar-refractivity contribution in [1.29, 1.82) is 5.26 Å². The smallest absolute Gasteiger partial charge is 0.215 e. The lowest BCUT2D eigenvalue weighted by molar-refractivity contribution is 0.967. The summed E-state index contributed by atoms with van der Waals surface area (Å²) >= 11 is 1.35. The van der Waals surface area contributed by atoms with Crippen molar-refractivity contribution < 1.29 is 0 Å². The quantitative estimate of drug-likeness (QED) is 0.797. The van der Waals surface area contributed by atoms with Crippen LogP contribution in [0.5, 0.6) is 0 Å². The van der Waals surface area contributed by atoms with E-state index in [0.29, 0.717) is 10.7 Å². The first-order valence-corrected chi connectivity index (χ1v) is 6.68. The Morgan fingerprint density at radius 3 is 2.65 bits per heavy atom. The summed E-state index contributed by atoms with van der Waals surface area (Å²) < 4.78 is 0. The minimum absolute atomic E-state index is 0.536. The topological polar surface area (TPSA) is 78.2 Å². The highest BCUT2D eigenvalue weighted by atomic mass is 32.2. The molecule has 1 N–H and O–H groups in total. The first kappa shape index (κ1) is 12.4. The molecular weight excluding hydrogens is 270 g/mol. The van der Waals surface area contributed by atoms with E-state index in [1.165, 1.54) is 18.0 Å². The molecule has 0 aliphatic rings. The number of hydrogen-bond acceptors (Lipinski definition) is 5.